The van der Waals surface area contributed by atoms with Gasteiger partial charge in [-0.2, -0.15) is 4.98 Å². The van der Waals surface area contributed by atoms with E-state index in [1.54, 1.807) is 30.3 Å². The number of hydrogen-bond acceptors (Lipinski definition) is 5. The lowest BCUT2D eigenvalue weighted by molar-refractivity contribution is 0.0949. The van der Waals surface area contributed by atoms with E-state index in [-0.39, 0.29) is 24.9 Å². The van der Waals surface area contributed by atoms with E-state index in [1.807, 2.05) is 6.07 Å². The number of benzene rings is 2. The largest absolute Gasteiger partial charge is 0.375 e. The van der Waals surface area contributed by atoms with Gasteiger partial charge >= 0.3 is 0 Å². The second-order valence-corrected chi connectivity index (χ2v) is 5.31. The van der Waals surface area contributed by atoms with Gasteiger partial charge in [0.25, 0.3) is 11.8 Å². The molecular weight excluding hydrogens is 325 g/mol. The Balaban J connectivity index is 1.68. The Morgan fingerprint density at radius 3 is 2.72 bits per heavy atom. The Morgan fingerprint density at radius 2 is 1.96 bits per heavy atom. The number of nitrogens with zero attached hydrogens (tertiary/aromatic N) is 2. The maximum atomic E-state index is 13.4. The highest BCUT2D eigenvalue weighted by molar-refractivity contribution is 5.95. The molecule has 25 heavy (non-hydrogen) atoms. The van der Waals surface area contributed by atoms with Gasteiger partial charge < -0.3 is 14.6 Å². The van der Waals surface area contributed by atoms with Crippen molar-refractivity contribution in [2.75, 3.05) is 7.11 Å². The average molecular weight is 341 g/mol. The van der Waals surface area contributed by atoms with Crippen molar-refractivity contribution in [3.05, 3.63) is 71.6 Å². The van der Waals surface area contributed by atoms with Crippen LogP contribution in [0.15, 0.2) is 53.1 Å². The molecule has 0 fully saturated rings. The van der Waals surface area contributed by atoms with E-state index in [4.69, 9.17) is 9.26 Å². The van der Waals surface area contributed by atoms with Crippen LogP contribution in [0.25, 0.3) is 11.1 Å². The standard InChI is InChI=1S/C18H16FN3O3/c1-24-11-17-21-16(22-25-17)10-20-18(23)14-6-2-4-12(8-14)13-5-3-7-15(19)9-13/h2-9H,10-11H2,1H3,(H,20,23). The molecule has 0 bridgehead atoms. The number of carbonyl (C=O) groups is 1. The topological polar surface area (TPSA) is 77.2 Å². The average Bonchev–Trinajstić information content (AvgIpc) is 3.08. The molecule has 0 spiro atoms. The van der Waals surface area contributed by atoms with Crippen molar-refractivity contribution < 1.29 is 18.4 Å². The molecule has 3 rings (SSSR count). The van der Waals surface area contributed by atoms with E-state index in [2.05, 4.69) is 15.5 Å². The summed E-state index contributed by atoms with van der Waals surface area (Å²) in [6.07, 6.45) is 0. The summed E-state index contributed by atoms with van der Waals surface area (Å²) >= 11 is 0. The molecule has 1 heterocycles. The van der Waals surface area contributed by atoms with E-state index in [9.17, 15) is 9.18 Å². The van der Waals surface area contributed by atoms with Gasteiger partial charge in [0.1, 0.15) is 12.4 Å². The van der Waals surface area contributed by atoms with Crippen LogP contribution < -0.4 is 5.32 Å². The van der Waals surface area contributed by atoms with Crippen molar-refractivity contribution in [3.63, 3.8) is 0 Å². The number of nitrogens with one attached hydrogen (secondary N) is 1. The van der Waals surface area contributed by atoms with E-state index in [0.717, 1.165) is 5.56 Å². The van der Waals surface area contributed by atoms with Crippen LogP contribution in [0.4, 0.5) is 4.39 Å². The maximum Gasteiger partial charge on any atom is 0.252 e. The summed E-state index contributed by atoms with van der Waals surface area (Å²) in [6.45, 7) is 0.354. The van der Waals surface area contributed by atoms with Gasteiger partial charge in [-0.1, -0.05) is 29.4 Å². The third-order valence-electron chi connectivity index (χ3n) is 3.47. The van der Waals surface area contributed by atoms with Crippen LogP contribution in [0.3, 0.4) is 0 Å². The van der Waals surface area contributed by atoms with Crippen LogP contribution in [0.2, 0.25) is 0 Å². The fourth-order valence-electron chi connectivity index (χ4n) is 2.31. The molecule has 0 unspecified atom stereocenters. The highest BCUT2D eigenvalue weighted by Gasteiger charge is 2.10. The Hall–Kier alpha value is -3.06. The van der Waals surface area contributed by atoms with E-state index in [0.29, 0.717) is 22.8 Å². The summed E-state index contributed by atoms with van der Waals surface area (Å²) in [5, 5.41) is 6.47. The summed E-state index contributed by atoms with van der Waals surface area (Å²) in [5.41, 5.74) is 1.92. The third-order valence-corrected chi connectivity index (χ3v) is 3.47. The van der Waals surface area contributed by atoms with Crippen LogP contribution in [-0.4, -0.2) is 23.2 Å². The monoisotopic (exact) mass is 341 g/mol. The molecule has 0 aliphatic heterocycles. The van der Waals surface area contributed by atoms with Gasteiger partial charge in [-0.05, 0) is 35.4 Å². The van der Waals surface area contributed by atoms with Crippen molar-refractivity contribution in [2.45, 2.75) is 13.2 Å². The Morgan fingerprint density at radius 1 is 1.20 bits per heavy atom. The first-order valence-corrected chi connectivity index (χ1v) is 7.60. The molecule has 1 aromatic heterocycles. The lowest BCUT2D eigenvalue weighted by Crippen LogP contribution is -2.23. The van der Waals surface area contributed by atoms with Crippen LogP contribution in [0.1, 0.15) is 22.1 Å². The smallest absolute Gasteiger partial charge is 0.252 e. The molecule has 128 valence electrons. The van der Waals surface area contributed by atoms with Gasteiger partial charge in [0, 0.05) is 12.7 Å². The highest BCUT2D eigenvalue weighted by Crippen LogP contribution is 2.21. The zero-order chi connectivity index (χ0) is 17.6. The molecule has 2 aromatic carbocycles. The Labute approximate surface area is 143 Å². The summed E-state index contributed by atoms with van der Waals surface area (Å²) < 4.78 is 23.2. The van der Waals surface area contributed by atoms with E-state index >= 15 is 0 Å². The molecule has 0 atom stereocenters. The van der Waals surface area contributed by atoms with Gasteiger partial charge in [0.05, 0.1) is 6.54 Å². The minimum atomic E-state index is -0.323. The van der Waals surface area contributed by atoms with Gasteiger partial charge in [-0.3, -0.25) is 4.79 Å². The van der Waals surface area contributed by atoms with Crippen LogP contribution in [-0.2, 0) is 17.9 Å². The number of hydrogen-bond donors (Lipinski definition) is 1. The fourth-order valence-corrected chi connectivity index (χ4v) is 2.31. The summed E-state index contributed by atoms with van der Waals surface area (Å²) in [6, 6.07) is 13.2. The molecule has 0 saturated carbocycles. The number of amides is 1. The van der Waals surface area contributed by atoms with Crippen molar-refractivity contribution in [2.24, 2.45) is 0 Å². The minimum Gasteiger partial charge on any atom is -0.375 e. The van der Waals surface area contributed by atoms with Crippen LogP contribution in [0.5, 0.6) is 0 Å². The molecule has 1 N–H and O–H groups in total. The second kappa shape index (κ2) is 7.67. The maximum absolute atomic E-state index is 13.4. The van der Waals surface area contributed by atoms with Gasteiger partial charge in [0.2, 0.25) is 0 Å². The first-order chi connectivity index (χ1) is 12.2. The zero-order valence-electron chi connectivity index (χ0n) is 13.5. The molecule has 6 nitrogen and oxygen atoms in total. The van der Waals surface area contributed by atoms with E-state index < -0.39 is 0 Å². The summed E-state index contributed by atoms with van der Waals surface area (Å²) in [7, 11) is 1.53. The first-order valence-electron chi connectivity index (χ1n) is 7.60. The number of rotatable bonds is 6. The Bertz CT molecular complexity index is 879. The fraction of sp³-hybridized carbons (Fsp3) is 0.167. The number of methoxy groups -OCH3 is 1. The number of aromatic nitrogens is 2. The molecular formula is C18H16FN3O3. The lowest BCUT2D eigenvalue weighted by Gasteiger charge is -2.06. The molecule has 1 amide bonds. The molecule has 3 aromatic rings. The third kappa shape index (κ3) is 4.27. The molecule has 0 radical (unpaired) electrons. The second-order valence-electron chi connectivity index (χ2n) is 5.31. The quantitative estimate of drug-likeness (QED) is 0.746. The van der Waals surface area contributed by atoms with Crippen molar-refractivity contribution >= 4 is 5.91 Å². The number of ether oxygens (including phenoxy) is 1. The first kappa shape index (κ1) is 16.8. The minimum absolute atomic E-state index is 0.135. The lowest BCUT2D eigenvalue weighted by atomic mass is 10.0. The molecule has 0 saturated heterocycles. The predicted molar refractivity (Wildman–Crippen MR) is 88.0 cm³/mol. The van der Waals surface area contributed by atoms with Crippen molar-refractivity contribution in [1.29, 1.82) is 0 Å². The van der Waals surface area contributed by atoms with Gasteiger partial charge in [0.15, 0.2) is 5.82 Å². The van der Waals surface area contributed by atoms with Crippen LogP contribution >= 0.6 is 0 Å². The number of halogens is 1. The van der Waals surface area contributed by atoms with E-state index in [1.165, 1.54) is 19.2 Å². The predicted octanol–water partition coefficient (Wildman–Crippen LogP) is 2.95. The van der Waals surface area contributed by atoms with Crippen molar-refractivity contribution in [3.8, 4) is 11.1 Å². The van der Waals surface area contributed by atoms with Gasteiger partial charge in [-0.15, -0.1) is 0 Å². The highest BCUT2D eigenvalue weighted by atomic mass is 19.1. The zero-order valence-corrected chi connectivity index (χ0v) is 13.5. The summed E-state index contributed by atoms with van der Waals surface area (Å²) in [5.74, 6) is 0.106. The Kier molecular flexibility index (Phi) is 5.15. The molecule has 0 aliphatic carbocycles. The summed E-state index contributed by atoms with van der Waals surface area (Å²) in [4.78, 5) is 16.4. The number of carbonyl (C=O) groups excluding carboxylic acids is 1. The van der Waals surface area contributed by atoms with Crippen molar-refractivity contribution in [1.82, 2.24) is 15.5 Å². The van der Waals surface area contributed by atoms with Crippen LogP contribution in [0, 0.1) is 5.82 Å². The molecule has 7 heteroatoms. The molecule has 0 aliphatic rings. The van der Waals surface area contributed by atoms with Gasteiger partial charge in [-0.25, -0.2) is 4.39 Å². The normalized spacial score (nSPS) is 10.6. The SMILES string of the molecule is COCc1nc(CNC(=O)c2cccc(-c3cccc(F)c3)c2)no1.